The first-order chi connectivity index (χ1) is 14.1. The molecule has 29 heavy (non-hydrogen) atoms. The summed E-state index contributed by atoms with van der Waals surface area (Å²) in [5.41, 5.74) is 4.13. The van der Waals surface area contributed by atoms with Crippen LogP contribution in [-0.4, -0.2) is 47.9 Å². The number of tetrazole rings is 1. The molecule has 146 valence electrons. The number of carboxylic acid groups (broad SMARTS) is 1. The van der Waals surface area contributed by atoms with Crippen LogP contribution < -0.4 is 4.74 Å². The van der Waals surface area contributed by atoms with Crippen LogP contribution in [0.25, 0.3) is 33.2 Å². The zero-order chi connectivity index (χ0) is 20.1. The second-order valence-electron chi connectivity index (χ2n) is 6.63. The van der Waals surface area contributed by atoms with E-state index < -0.39 is 5.97 Å². The lowest BCUT2D eigenvalue weighted by molar-refractivity contribution is 0.0678. The second kappa shape index (κ2) is 6.52. The van der Waals surface area contributed by atoms with Gasteiger partial charge in [-0.1, -0.05) is 6.07 Å². The minimum absolute atomic E-state index is 0.0454. The molecule has 0 amide bonds. The number of nitrogens with zero attached hydrogens (tertiary/aromatic N) is 6. The molecule has 0 unspecified atom stereocenters. The lowest BCUT2D eigenvalue weighted by Gasteiger charge is -2.22. The van der Waals surface area contributed by atoms with E-state index in [1.165, 1.54) is 16.1 Å². The number of ether oxygens (including phenoxy) is 1. The average molecular weight is 408 g/mol. The molecule has 10 heteroatoms. The largest absolute Gasteiger partial charge is 0.496 e. The molecular weight excluding hydrogens is 392 g/mol. The maximum atomic E-state index is 11.8. The number of imidazole rings is 1. The lowest BCUT2D eigenvalue weighted by atomic mass is 9.93. The number of rotatable bonds is 4. The summed E-state index contributed by atoms with van der Waals surface area (Å²) in [5.74, 6) is 0.103. The Morgan fingerprint density at radius 2 is 2.17 bits per heavy atom. The van der Waals surface area contributed by atoms with Gasteiger partial charge in [0.25, 0.3) is 0 Å². The predicted molar refractivity (Wildman–Crippen MR) is 106 cm³/mol. The smallest absolute Gasteiger partial charge is 0.372 e. The van der Waals surface area contributed by atoms with Crippen LogP contribution in [0.3, 0.4) is 0 Å². The highest BCUT2D eigenvalue weighted by Gasteiger charge is 2.30. The van der Waals surface area contributed by atoms with Crippen molar-refractivity contribution < 1.29 is 14.6 Å². The number of thiophene rings is 1. The normalized spacial score (nSPS) is 12.5. The van der Waals surface area contributed by atoms with Crippen LogP contribution >= 0.6 is 11.3 Å². The molecule has 0 fully saturated rings. The highest BCUT2D eigenvalue weighted by atomic mass is 32.1. The van der Waals surface area contributed by atoms with Crippen molar-refractivity contribution in [3.63, 3.8) is 0 Å². The van der Waals surface area contributed by atoms with Crippen molar-refractivity contribution in [3.05, 3.63) is 41.0 Å². The van der Waals surface area contributed by atoms with E-state index in [1.54, 1.807) is 18.7 Å². The van der Waals surface area contributed by atoms with E-state index >= 15 is 0 Å². The lowest BCUT2D eigenvalue weighted by Crippen LogP contribution is -2.16. The van der Waals surface area contributed by atoms with Crippen molar-refractivity contribution in [2.24, 2.45) is 7.05 Å². The fourth-order valence-corrected chi connectivity index (χ4v) is 4.42. The molecule has 0 atom stereocenters. The first-order valence-corrected chi connectivity index (χ1v) is 9.78. The maximum Gasteiger partial charge on any atom is 0.372 e. The van der Waals surface area contributed by atoms with Gasteiger partial charge < -0.3 is 14.4 Å². The molecule has 0 radical (unpaired) electrons. The number of aromatic carboxylic acids is 1. The summed E-state index contributed by atoms with van der Waals surface area (Å²) in [4.78, 5) is 18.6. The monoisotopic (exact) mass is 408 g/mol. The highest BCUT2D eigenvalue weighted by molar-refractivity contribution is 7.13. The molecule has 0 bridgehead atoms. The summed E-state index contributed by atoms with van der Waals surface area (Å²) in [6.07, 6.45) is 0.674. The molecular formula is C19H16N6O3S. The summed E-state index contributed by atoms with van der Waals surface area (Å²) < 4.78 is 7.36. The maximum absolute atomic E-state index is 11.8. The Balaban J connectivity index is 1.80. The van der Waals surface area contributed by atoms with Gasteiger partial charge in [-0.2, -0.15) is 4.80 Å². The molecule has 1 aliphatic rings. The van der Waals surface area contributed by atoms with Crippen molar-refractivity contribution in [1.82, 2.24) is 29.8 Å². The Labute approximate surface area is 169 Å². The number of carboxylic acids is 1. The summed E-state index contributed by atoms with van der Waals surface area (Å²) in [5, 5.41) is 24.0. The van der Waals surface area contributed by atoms with E-state index in [2.05, 4.69) is 20.4 Å². The molecule has 5 rings (SSSR count). The number of aryl methyl sites for hydroxylation is 2. The number of benzene rings is 1. The van der Waals surface area contributed by atoms with Crippen molar-refractivity contribution in [2.45, 2.75) is 13.0 Å². The molecule has 1 aliphatic heterocycles. The molecule has 0 saturated heterocycles. The quantitative estimate of drug-likeness (QED) is 0.553. The van der Waals surface area contributed by atoms with Gasteiger partial charge in [0.2, 0.25) is 11.6 Å². The number of hydrogen-bond donors (Lipinski definition) is 1. The van der Waals surface area contributed by atoms with Gasteiger partial charge in [-0.05, 0) is 40.8 Å². The van der Waals surface area contributed by atoms with E-state index in [0.29, 0.717) is 35.8 Å². The van der Waals surface area contributed by atoms with E-state index in [0.717, 1.165) is 21.7 Å². The molecule has 0 aliphatic carbocycles. The van der Waals surface area contributed by atoms with Gasteiger partial charge in [0, 0.05) is 12.1 Å². The van der Waals surface area contributed by atoms with Gasteiger partial charge >= 0.3 is 5.97 Å². The Bertz CT molecular complexity index is 1240. The van der Waals surface area contributed by atoms with Crippen LogP contribution in [0.4, 0.5) is 0 Å². The van der Waals surface area contributed by atoms with E-state index in [9.17, 15) is 9.90 Å². The third kappa shape index (κ3) is 2.71. The summed E-state index contributed by atoms with van der Waals surface area (Å²) >= 11 is 1.53. The van der Waals surface area contributed by atoms with Crippen LogP contribution in [0.5, 0.6) is 5.75 Å². The zero-order valence-electron chi connectivity index (χ0n) is 15.7. The van der Waals surface area contributed by atoms with E-state index in [-0.39, 0.29) is 5.82 Å². The SMILES string of the molecule is COc1cc2c(cc1-c1nnn(C)n1)-c1c(-c3cccs3)nc(C(=O)O)n1CC2. The van der Waals surface area contributed by atoms with Gasteiger partial charge in [0.15, 0.2) is 0 Å². The molecule has 0 saturated carbocycles. The van der Waals surface area contributed by atoms with Crippen molar-refractivity contribution in [1.29, 1.82) is 0 Å². The first kappa shape index (κ1) is 17.6. The fourth-order valence-electron chi connectivity index (χ4n) is 3.71. The number of methoxy groups -OCH3 is 1. The zero-order valence-corrected chi connectivity index (χ0v) is 16.5. The van der Waals surface area contributed by atoms with Gasteiger partial charge in [0.05, 0.1) is 30.3 Å². The van der Waals surface area contributed by atoms with Crippen LogP contribution in [-0.2, 0) is 20.0 Å². The Morgan fingerprint density at radius 3 is 2.83 bits per heavy atom. The van der Waals surface area contributed by atoms with Gasteiger partial charge in [-0.15, -0.1) is 21.5 Å². The topological polar surface area (TPSA) is 108 Å². The summed E-state index contributed by atoms with van der Waals surface area (Å²) in [7, 11) is 3.30. The van der Waals surface area contributed by atoms with Gasteiger partial charge in [0.1, 0.15) is 11.4 Å². The Hall–Kier alpha value is -3.53. The summed E-state index contributed by atoms with van der Waals surface area (Å²) in [6, 6.07) is 7.79. The number of carbonyl (C=O) groups is 1. The van der Waals surface area contributed by atoms with Gasteiger partial charge in [-0.25, -0.2) is 9.78 Å². The highest BCUT2D eigenvalue weighted by Crippen LogP contribution is 2.43. The molecule has 0 spiro atoms. The predicted octanol–water partition coefficient (Wildman–Crippen LogP) is 2.73. The number of fused-ring (bicyclic) bond motifs is 3. The van der Waals surface area contributed by atoms with E-state index in [1.807, 2.05) is 29.6 Å². The van der Waals surface area contributed by atoms with Crippen LogP contribution in [0.15, 0.2) is 29.6 Å². The van der Waals surface area contributed by atoms with Crippen LogP contribution in [0.2, 0.25) is 0 Å². The third-order valence-corrected chi connectivity index (χ3v) is 5.82. The van der Waals surface area contributed by atoms with E-state index in [4.69, 9.17) is 4.74 Å². The molecule has 4 heterocycles. The van der Waals surface area contributed by atoms with Crippen LogP contribution in [0, 0.1) is 0 Å². The molecule has 4 aromatic rings. The molecule has 1 aromatic carbocycles. The minimum Gasteiger partial charge on any atom is -0.496 e. The second-order valence-corrected chi connectivity index (χ2v) is 7.58. The van der Waals surface area contributed by atoms with Crippen LogP contribution in [0.1, 0.15) is 16.2 Å². The van der Waals surface area contributed by atoms with Crippen molar-refractivity contribution in [2.75, 3.05) is 7.11 Å². The molecule has 1 N–H and O–H groups in total. The molecule has 9 nitrogen and oxygen atoms in total. The first-order valence-electron chi connectivity index (χ1n) is 8.90. The molecule has 3 aromatic heterocycles. The van der Waals surface area contributed by atoms with Gasteiger partial charge in [-0.3, -0.25) is 0 Å². The summed E-state index contributed by atoms with van der Waals surface area (Å²) in [6.45, 7) is 0.536. The fraction of sp³-hybridized carbons (Fsp3) is 0.211. The third-order valence-electron chi connectivity index (χ3n) is 4.95. The van der Waals surface area contributed by atoms with Crippen molar-refractivity contribution >= 4 is 17.3 Å². The number of hydrogen-bond acceptors (Lipinski definition) is 7. The average Bonchev–Trinajstić information content (AvgIpc) is 3.45. The van der Waals surface area contributed by atoms with Crippen molar-refractivity contribution in [3.8, 4) is 39.0 Å². The Morgan fingerprint density at radius 1 is 1.31 bits per heavy atom. The minimum atomic E-state index is -1.04. The number of aromatic nitrogens is 6. The standard InChI is InChI=1S/C19H16N6O3S/c1-24-22-17(21-23-24)12-9-11-10(8-13(12)28-2)5-6-25-16(11)15(14-4-3-7-29-14)20-18(25)19(26)27/h3-4,7-9H,5-6H2,1-2H3,(H,26,27). The Kier molecular flexibility index (Phi) is 3.95.